The highest BCUT2D eigenvalue weighted by molar-refractivity contribution is 6.60. The quantitative estimate of drug-likeness (QED) is 0.325. The first kappa shape index (κ1) is 13.7. The first-order valence-electron chi connectivity index (χ1n) is 4.97. The van der Waals surface area contributed by atoms with Crippen molar-refractivity contribution in [2.24, 2.45) is 0 Å². The van der Waals surface area contributed by atoms with E-state index in [1.165, 1.54) is 7.11 Å². The number of hydrogen-bond acceptors (Lipinski definition) is 6. The number of ether oxygens (including phenoxy) is 1. The SMILES string of the molecule is COC(=O)CCc1ccc(B(OO)OO)cc1. The maximum atomic E-state index is 10.9. The molecule has 0 heterocycles. The first-order chi connectivity index (χ1) is 8.21. The Balaban J connectivity index is 2.58. The third-order valence-corrected chi connectivity index (χ3v) is 2.29. The molecular weight excluding hydrogens is 227 g/mol. The van der Waals surface area contributed by atoms with E-state index in [9.17, 15) is 4.79 Å². The lowest BCUT2D eigenvalue weighted by atomic mass is 9.79. The molecule has 7 heteroatoms. The second-order valence-electron chi connectivity index (χ2n) is 3.36. The van der Waals surface area contributed by atoms with Crippen LogP contribution in [0.3, 0.4) is 0 Å². The third-order valence-electron chi connectivity index (χ3n) is 2.29. The largest absolute Gasteiger partial charge is 0.554 e. The van der Waals surface area contributed by atoms with Crippen LogP contribution < -0.4 is 5.46 Å². The van der Waals surface area contributed by atoms with E-state index in [0.717, 1.165) is 5.56 Å². The summed E-state index contributed by atoms with van der Waals surface area (Å²) in [5.41, 5.74) is 1.38. The molecule has 0 aliphatic carbocycles. The summed E-state index contributed by atoms with van der Waals surface area (Å²) < 4.78 is 4.52. The molecule has 0 aliphatic rings. The van der Waals surface area contributed by atoms with E-state index in [0.29, 0.717) is 18.3 Å². The Labute approximate surface area is 98.7 Å². The zero-order valence-electron chi connectivity index (χ0n) is 9.33. The lowest BCUT2D eigenvalue weighted by Gasteiger charge is -2.06. The molecule has 0 saturated carbocycles. The molecule has 0 aliphatic heterocycles. The molecule has 0 radical (unpaired) electrons. The van der Waals surface area contributed by atoms with E-state index in [2.05, 4.69) is 14.3 Å². The van der Waals surface area contributed by atoms with Crippen LogP contribution in [0.2, 0.25) is 0 Å². The highest BCUT2D eigenvalue weighted by Crippen LogP contribution is 2.03. The van der Waals surface area contributed by atoms with Gasteiger partial charge in [-0.2, -0.15) is 0 Å². The molecule has 0 fully saturated rings. The summed E-state index contributed by atoms with van der Waals surface area (Å²) in [6.07, 6.45) is 0.851. The van der Waals surface area contributed by atoms with Gasteiger partial charge in [0.05, 0.1) is 7.11 Å². The topological polar surface area (TPSA) is 85.2 Å². The molecule has 2 N–H and O–H groups in total. The van der Waals surface area contributed by atoms with Crippen molar-refractivity contribution in [2.45, 2.75) is 12.8 Å². The molecule has 6 nitrogen and oxygen atoms in total. The van der Waals surface area contributed by atoms with E-state index < -0.39 is 7.12 Å². The van der Waals surface area contributed by atoms with Crippen LogP contribution in [-0.4, -0.2) is 30.7 Å². The van der Waals surface area contributed by atoms with E-state index in [4.69, 9.17) is 10.5 Å². The molecule has 92 valence electrons. The molecule has 0 saturated heterocycles. The van der Waals surface area contributed by atoms with Crippen LogP contribution in [0.1, 0.15) is 12.0 Å². The third kappa shape index (κ3) is 4.16. The average Bonchev–Trinajstić information content (AvgIpc) is 2.38. The van der Waals surface area contributed by atoms with Crippen LogP contribution >= 0.6 is 0 Å². The second kappa shape index (κ2) is 7.03. The van der Waals surface area contributed by atoms with Gasteiger partial charge in [0.15, 0.2) is 0 Å². The Morgan fingerprint density at radius 2 is 1.82 bits per heavy atom. The normalized spacial score (nSPS) is 10.1. The number of benzene rings is 1. The summed E-state index contributed by atoms with van der Waals surface area (Å²) >= 11 is 0. The standard InChI is InChI=1S/C10H13BO6/c1-15-10(12)7-4-8-2-5-9(6-3-8)11(16-13)17-14/h2-3,5-6,13-14H,4,7H2,1H3. The van der Waals surface area contributed by atoms with Crippen molar-refractivity contribution in [3.05, 3.63) is 29.8 Å². The lowest BCUT2D eigenvalue weighted by Crippen LogP contribution is -2.35. The van der Waals surface area contributed by atoms with E-state index >= 15 is 0 Å². The molecule has 0 unspecified atom stereocenters. The van der Waals surface area contributed by atoms with Gasteiger partial charge in [0.2, 0.25) is 0 Å². The molecule has 1 aromatic rings. The van der Waals surface area contributed by atoms with Gasteiger partial charge in [0.1, 0.15) is 0 Å². The minimum absolute atomic E-state index is 0.274. The van der Waals surface area contributed by atoms with Gasteiger partial charge < -0.3 is 4.74 Å². The molecular formula is C10H13BO6. The van der Waals surface area contributed by atoms with Gasteiger partial charge in [-0.05, 0) is 17.4 Å². The maximum Gasteiger partial charge on any atom is 0.554 e. The van der Waals surface area contributed by atoms with Gasteiger partial charge in [0.25, 0.3) is 0 Å². The van der Waals surface area contributed by atoms with Gasteiger partial charge >= 0.3 is 13.1 Å². The summed E-state index contributed by atoms with van der Waals surface area (Å²) in [7, 11) is 0.109. The molecule has 0 bridgehead atoms. The Bertz CT molecular complexity index is 348. The summed E-state index contributed by atoms with van der Waals surface area (Å²) in [5, 5.41) is 16.8. The minimum Gasteiger partial charge on any atom is -0.469 e. The summed E-state index contributed by atoms with van der Waals surface area (Å²) in [6, 6.07) is 6.71. The second-order valence-corrected chi connectivity index (χ2v) is 3.36. The van der Waals surface area contributed by atoms with Crippen molar-refractivity contribution in [3.8, 4) is 0 Å². The fourth-order valence-electron chi connectivity index (χ4n) is 1.33. The van der Waals surface area contributed by atoms with Gasteiger partial charge in [-0.1, -0.05) is 24.3 Å². The predicted octanol–water partition coefficient (Wildman–Crippen LogP) is 0.467. The highest BCUT2D eigenvalue weighted by Gasteiger charge is 2.21. The Kier molecular flexibility index (Phi) is 5.64. The molecule has 1 rings (SSSR count). The lowest BCUT2D eigenvalue weighted by molar-refractivity contribution is -0.221. The Morgan fingerprint density at radius 3 is 2.29 bits per heavy atom. The fraction of sp³-hybridized carbons (Fsp3) is 0.300. The molecule has 1 aromatic carbocycles. The van der Waals surface area contributed by atoms with Crippen LogP contribution in [0.5, 0.6) is 0 Å². The van der Waals surface area contributed by atoms with Crippen LogP contribution in [0.25, 0.3) is 0 Å². The van der Waals surface area contributed by atoms with Crippen molar-refractivity contribution < 1.29 is 29.7 Å². The summed E-state index contributed by atoms with van der Waals surface area (Å²) in [5.74, 6) is -0.274. The van der Waals surface area contributed by atoms with Crippen molar-refractivity contribution in [2.75, 3.05) is 7.11 Å². The van der Waals surface area contributed by atoms with Crippen LogP contribution in [0, 0.1) is 0 Å². The minimum atomic E-state index is -1.23. The molecule has 17 heavy (non-hydrogen) atoms. The van der Waals surface area contributed by atoms with Gasteiger partial charge in [-0.3, -0.25) is 24.9 Å². The van der Waals surface area contributed by atoms with Crippen molar-refractivity contribution >= 4 is 18.6 Å². The Hall–Kier alpha value is -1.41. The molecule has 0 aromatic heterocycles. The van der Waals surface area contributed by atoms with Crippen molar-refractivity contribution in [3.63, 3.8) is 0 Å². The summed E-state index contributed by atoms with van der Waals surface area (Å²) in [4.78, 5) is 18.7. The number of aryl methyl sites for hydroxylation is 1. The van der Waals surface area contributed by atoms with Crippen molar-refractivity contribution in [1.29, 1.82) is 0 Å². The van der Waals surface area contributed by atoms with Crippen LogP contribution in [-0.2, 0) is 25.6 Å². The van der Waals surface area contributed by atoms with Crippen LogP contribution in [0.15, 0.2) is 24.3 Å². The fourth-order valence-corrected chi connectivity index (χ4v) is 1.33. The zero-order chi connectivity index (χ0) is 12.7. The zero-order valence-corrected chi connectivity index (χ0v) is 9.33. The smallest absolute Gasteiger partial charge is 0.469 e. The Morgan fingerprint density at radius 1 is 1.24 bits per heavy atom. The predicted molar refractivity (Wildman–Crippen MR) is 59.6 cm³/mol. The van der Waals surface area contributed by atoms with E-state index in [-0.39, 0.29) is 5.97 Å². The van der Waals surface area contributed by atoms with Crippen LogP contribution in [0.4, 0.5) is 0 Å². The van der Waals surface area contributed by atoms with Crippen molar-refractivity contribution in [1.82, 2.24) is 0 Å². The number of esters is 1. The number of hydrogen-bond donors (Lipinski definition) is 2. The highest BCUT2D eigenvalue weighted by atomic mass is 17.2. The maximum absolute atomic E-state index is 10.9. The van der Waals surface area contributed by atoms with E-state index in [1.807, 2.05) is 0 Å². The summed E-state index contributed by atoms with van der Waals surface area (Å²) in [6.45, 7) is 0. The van der Waals surface area contributed by atoms with Gasteiger partial charge in [0, 0.05) is 6.42 Å². The van der Waals surface area contributed by atoms with Gasteiger partial charge in [-0.15, -0.1) is 0 Å². The molecule has 0 amide bonds. The average molecular weight is 240 g/mol. The molecule has 0 spiro atoms. The number of rotatable bonds is 6. The van der Waals surface area contributed by atoms with Gasteiger partial charge in [-0.25, -0.2) is 0 Å². The van der Waals surface area contributed by atoms with E-state index in [1.54, 1.807) is 24.3 Å². The number of methoxy groups -OCH3 is 1. The number of carbonyl (C=O) groups excluding carboxylic acids is 1. The first-order valence-corrected chi connectivity index (χ1v) is 4.97. The molecule has 0 atom stereocenters. The monoisotopic (exact) mass is 240 g/mol. The number of carbonyl (C=O) groups is 1.